The number of anilines is 1. The van der Waals surface area contributed by atoms with Crippen molar-refractivity contribution in [1.82, 2.24) is 0 Å². The molecule has 3 nitrogen and oxygen atoms in total. The Kier molecular flexibility index (Phi) is 5.51. The lowest BCUT2D eigenvalue weighted by Gasteiger charge is -2.15. The first-order chi connectivity index (χ1) is 10.1. The molecule has 0 radical (unpaired) electrons. The van der Waals surface area contributed by atoms with E-state index in [0.717, 1.165) is 27.2 Å². The second kappa shape index (κ2) is 7.36. The monoisotopic (exact) mass is 349 g/mol. The van der Waals surface area contributed by atoms with E-state index in [1.807, 2.05) is 50.2 Å². The molecule has 0 bridgehead atoms. The fraction of sp³-hybridized carbons (Fsp3) is 0.294. The molecule has 0 atom stereocenters. The highest BCUT2D eigenvalue weighted by Gasteiger charge is 2.06. The topological polar surface area (TPSA) is 30.5 Å². The molecule has 0 spiro atoms. The van der Waals surface area contributed by atoms with Gasteiger partial charge in [-0.1, -0.05) is 18.2 Å². The molecule has 2 aromatic rings. The maximum absolute atomic E-state index is 5.83. The summed E-state index contributed by atoms with van der Waals surface area (Å²) in [5.74, 6) is 1.73. The molecule has 0 amide bonds. The normalized spacial score (nSPS) is 10.5. The summed E-state index contributed by atoms with van der Waals surface area (Å²) in [5.41, 5.74) is 2.14. The van der Waals surface area contributed by atoms with Crippen LogP contribution in [0.15, 0.2) is 46.9 Å². The van der Waals surface area contributed by atoms with Gasteiger partial charge in [-0.15, -0.1) is 0 Å². The summed E-state index contributed by atoms with van der Waals surface area (Å²) >= 11 is 3.45. The van der Waals surface area contributed by atoms with Crippen LogP contribution in [0, 0.1) is 0 Å². The van der Waals surface area contributed by atoms with Crippen molar-refractivity contribution in [3.63, 3.8) is 0 Å². The molecular weight excluding hydrogens is 330 g/mol. The van der Waals surface area contributed by atoms with Gasteiger partial charge in [0.05, 0.1) is 17.7 Å². The van der Waals surface area contributed by atoms with Gasteiger partial charge in [0, 0.05) is 23.9 Å². The lowest BCUT2D eigenvalue weighted by atomic mass is 10.2. The SMILES string of the molecule is COc1cc(NCc2ccccc2OC(C)C)ccc1Br. The first kappa shape index (κ1) is 15.7. The van der Waals surface area contributed by atoms with Crippen molar-refractivity contribution in [2.75, 3.05) is 12.4 Å². The summed E-state index contributed by atoms with van der Waals surface area (Å²) in [7, 11) is 1.66. The van der Waals surface area contributed by atoms with E-state index in [2.05, 4.69) is 27.3 Å². The molecular formula is C17H20BrNO2. The molecule has 0 aromatic heterocycles. The summed E-state index contributed by atoms with van der Waals surface area (Å²) in [5, 5.41) is 3.40. The Morgan fingerprint density at radius 1 is 1.10 bits per heavy atom. The zero-order valence-corrected chi connectivity index (χ0v) is 14.1. The van der Waals surface area contributed by atoms with Gasteiger partial charge in [0.15, 0.2) is 0 Å². The van der Waals surface area contributed by atoms with E-state index in [-0.39, 0.29) is 6.10 Å². The van der Waals surface area contributed by atoms with Gasteiger partial charge in [-0.3, -0.25) is 0 Å². The molecule has 2 aromatic carbocycles. The van der Waals surface area contributed by atoms with Crippen LogP contribution >= 0.6 is 15.9 Å². The minimum absolute atomic E-state index is 0.166. The zero-order valence-electron chi connectivity index (χ0n) is 12.5. The predicted molar refractivity (Wildman–Crippen MR) is 90.2 cm³/mol. The Balaban J connectivity index is 2.09. The van der Waals surface area contributed by atoms with E-state index >= 15 is 0 Å². The lowest BCUT2D eigenvalue weighted by Crippen LogP contribution is -2.09. The second-order valence-electron chi connectivity index (χ2n) is 4.98. The van der Waals surface area contributed by atoms with E-state index in [4.69, 9.17) is 9.47 Å². The van der Waals surface area contributed by atoms with Crippen LogP contribution in [0.3, 0.4) is 0 Å². The van der Waals surface area contributed by atoms with Crippen LogP contribution < -0.4 is 14.8 Å². The van der Waals surface area contributed by atoms with Crippen molar-refractivity contribution in [3.05, 3.63) is 52.5 Å². The molecule has 112 valence electrons. The number of hydrogen-bond acceptors (Lipinski definition) is 3. The molecule has 21 heavy (non-hydrogen) atoms. The number of hydrogen-bond donors (Lipinski definition) is 1. The Labute approximate surface area is 134 Å². The molecule has 0 heterocycles. The van der Waals surface area contributed by atoms with Crippen LogP contribution in [-0.2, 0) is 6.54 Å². The molecule has 0 saturated heterocycles. The summed E-state index contributed by atoms with van der Waals surface area (Å²) in [4.78, 5) is 0. The number of nitrogens with one attached hydrogen (secondary N) is 1. The standard InChI is InChI=1S/C17H20BrNO2/c1-12(2)21-16-7-5-4-6-13(16)11-19-14-8-9-15(18)17(10-14)20-3/h4-10,12,19H,11H2,1-3H3. The summed E-state index contributed by atoms with van der Waals surface area (Å²) in [6, 6.07) is 14.0. The van der Waals surface area contributed by atoms with Gasteiger partial charge in [0.2, 0.25) is 0 Å². The van der Waals surface area contributed by atoms with Crippen LogP contribution in [-0.4, -0.2) is 13.2 Å². The second-order valence-corrected chi connectivity index (χ2v) is 5.83. The first-order valence-corrected chi connectivity index (χ1v) is 7.71. The molecule has 0 aliphatic heterocycles. The molecule has 4 heteroatoms. The third-order valence-electron chi connectivity index (χ3n) is 2.97. The molecule has 0 saturated carbocycles. The van der Waals surface area contributed by atoms with Gasteiger partial charge in [-0.25, -0.2) is 0 Å². The minimum atomic E-state index is 0.166. The maximum atomic E-state index is 5.83. The number of halogens is 1. The third kappa shape index (κ3) is 4.39. The van der Waals surface area contributed by atoms with Gasteiger partial charge < -0.3 is 14.8 Å². The maximum Gasteiger partial charge on any atom is 0.135 e. The van der Waals surface area contributed by atoms with Crippen molar-refractivity contribution in [2.24, 2.45) is 0 Å². The van der Waals surface area contributed by atoms with Gasteiger partial charge in [0.25, 0.3) is 0 Å². The summed E-state index contributed by atoms with van der Waals surface area (Å²) < 4.78 is 12.1. The molecule has 0 aliphatic rings. The molecule has 2 rings (SSSR count). The smallest absolute Gasteiger partial charge is 0.135 e. The van der Waals surface area contributed by atoms with Crippen molar-refractivity contribution in [1.29, 1.82) is 0 Å². The highest BCUT2D eigenvalue weighted by Crippen LogP contribution is 2.28. The summed E-state index contributed by atoms with van der Waals surface area (Å²) in [6.45, 7) is 4.77. The molecule has 0 fully saturated rings. The Bertz CT molecular complexity index is 599. The van der Waals surface area contributed by atoms with Crippen LogP contribution in [0.2, 0.25) is 0 Å². The highest BCUT2D eigenvalue weighted by atomic mass is 79.9. The Morgan fingerprint density at radius 3 is 2.57 bits per heavy atom. The lowest BCUT2D eigenvalue weighted by molar-refractivity contribution is 0.240. The third-order valence-corrected chi connectivity index (χ3v) is 3.62. The molecule has 0 aliphatic carbocycles. The van der Waals surface area contributed by atoms with Gasteiger partial charge >= 0.3 is 0 Å². The Hall–Kier alpha value is -1.68. The van der Waals surface area contributed by atoms with E-state index in [0.29, 0.717) is 6.54 Å². The number of para-hydroxylation sites is 1. The zero-order chi connectivity index (χ0) is 15.2. The van der Waals surface area contributed by atoms with E-state index in [1.165, 1.54) is 0 Å². The van der Waals surface area contributed by atoms with Crippen molar-refractivity contribution >= 4 is 21.6 Å². The van der Waals surface area contributed by atoms with Crippen molar-refractivity contribution in [2.45, 2.75) is 26.5 Å². The van der Waals surface area contributed by atoms with Gasteiger partial charge in [-0.05, 0) is 48.0 Å². The number of ether oxygens (including phenoxy) is 2. The number of benzene rings is 2. The fourth-order valence-corrected chi connectivity index (χ4v) is 2.39. The summed E-state index contributed by atoms with van der Waals surface area (Å²) in [6.07, 6.45) is 0.166. The van der Waals surface area contributed by atoms with Crippen molar-refractivity contribution < 1.29 is 9.47 Å². The minimum Gasteiger partial charge on any atom is -0.495 e. The van der Waals surface area contributed by atoms with Gasteiger partial charge in [0.1, 0.15) is 11.5 Å². The van der Waals surface area contributed by atoms with E-state index in [9.17, 15) is 0 Å². The predicted octanol–water partition coefficient (Wildman–Crippen LogP) is 4.86. The molecule has 0 unspecified atom stereocenters. The van der Waals surface area contributed by atoms with Gasteiger partial charge in [-0.2, -0.15) is 0 Å². The largest absolute Gasteiger partial charge is 0.495 e. The molecule has 1 N–H and O–H groups in total. The quantitative estimate of drug-likeness (QED) is 0.807. The number of methoxy groups -OCH3 is 1. The van der Waals surface area contributed by atoms with Crippen LogP contribution in [0.5, 0.6) is 11.5 Å². The van der Waals surface area contributed by atoms with Crippen LogP contribution in [0.1, 0.15) is 19.4 Å². The van der Waals surface area contributed by atoms with Crippen LogP contribution in [0.4, 0.5) is 5.69 Å². The highest BCUT2D eigenvalue weighted by molar-refractivity contribution is 9.10. The average Bonchev–Trinajstić information content (AvgIpc) is 2.47. The fourth-order valence-electron chi connectivity index (χ4n) is 1.99. The number of rotatable bonds is 6. The first-order valence-electron chi connectivity index (χ1n) is 6.92. The van der Waals surface area contributed by atoms with Crippen LogP contribution in [0.25, 0.3) is 0 Å². The average molecular weight is 350 g/mol. The Morgan fingerprint density at radius 2 is 1.86 bits per heavy atom. The van der Waals surface area contributed by atoms with E-state index in [1.54, 1.807) is 7.11 Å². The van der Waals surface area contributed by atoms with Crippen molar-refractivity contribution in [3.8, 4) is 11.5 Å². The van der Waals surface area contributed by atoms with E-state index < -0.39 is 0 Å².